The summed E-state index contributed by atoms with van der Waals surface area (Å²) < 4.78 is 18.7. The number of amides is 1. The highest BCUT2D eigenvalue weighted by molar-refractivity contribution is 5.78. The van der Waals surface area contributed by atoms with Crippen LogP contribution in [0.2, 0.25) is 0 Å². The van der Waals surface area contributed by atoms with Gasteiger partial charge in [0.05, 0.1) is 11.7 Å². The van der Waals surface area contributed by atoms with Crippen molar-refractivity contribution < 1.29 is 13.9 Å². The second-order valence-corrected chi connectivity index (χ2v) is 7.41. The summed E-state index contributed by atoms with van der Waals surface area (Å²) >= 11 is 0. The van der Waals surface area contributed by atoms with Crippen LogP contribution in [-0.2, 0) is 9.53 Å². The minimum atomic E-state index is -0.338. The lowest BCUT2D eigenvalue weighted by molar-refractivity contribution is -0.139. The zero-order chi connectivity index (χ0) is 21.6. The number of methoxy groups -OCH3 is 1. The van der Waals surface area contributed by atoms with Gasteiger partial charge in [0, 0.05) is 43.4 Å². The molecule has 0 unspecified atom stereocenters. The number of rotatable bonds is 6. The summed E-state index contributed by atoms with van der Waals surface area (Å²) in [6.07, 6.45) is 6.11. The number of nitrogens with one attached hydrogen (secondary N) is 1. The number of likely N-dealkylation sites (tertiary alicyclic amines) is 1. The lowest BCUT2D eigenvalue weighted by Gasteiger charge is -2.35. The number of pyridine rings is 1. The topological polar surface area (TPSA) is 80.2 Å². The number of piperidine rings is 1. The van der Waals surface area contributed by atoms with Gasteiger partial charge in [0.25, 0.3) is 0 Å². The predicted molar refractivity (Wildman–Crippen MR) is 115 cm³/mol. The largest absolute Gasteiger partial charge is 0.375 e. The van der Waals surface area contributed by atoms with E-state index in [4.69, 9.17) is 14.7 Å². The summed E-state index contributed by atoms with van der Waals surface area (Å²) in [5.74, 6) is 0.654. The molecule has 8 heteroatoms. The van der Waals surface area contributed by atoms with Gasteiger partial charge >= 0.3 is 0 Å². The molecule has 7 nitrogen and oxygen atoms in total. The number of aromatic nitrogens is 3. The highest BCUT2D eigenvalue weighted by Crippen LogP contribution is 2.32. The number of halogens is 1. The number of nitrogens with zero attached hydrogens (tertiary/aromatic N) is 4. The number of anilines is 2. The number of benzene rings is 1. The second kappa shape index (κ2) is 9.61. The molecule has 0 bridgehead atoms. The third-order valence-electron chi connectivity index (χ3n) is 5.19. The monoisotopic (exact) mass is 421 g/mol. The quantitative estimate of drug-likeness (QED) is 0.645. The number of hydrogen-bond acceptors (Lipinski definition) is 6. The SMILES string of the molecule is COCC(=O)N1CCCC[C@@H]1c1nc(Nc2cccc(F)c2)cc(-c2cccnc2)n1. The molecule has 1 N–H and O–H groups in total. The Hall–Kier alpha value is -3.39. The summed E-state index contributed by atoms with van der Waals surface area (Å²) in [7, 11) is 1.51. The zero-order valence-electron chi connectivity index (χ0n) is 17.3. The fourth-order valence-electron chi connectivity index (χ4n) is 3.76. The first-order chi connectivity index (χ1) is 15.1. The van der Waals surface area contributed by atoms with Crippen LogP contribution >= 0.6 is 0 Å². The summed E-state index contributed by atoms with van der Waals surface area (Å²) in [5.41, 5.74) is 2.10. The molecule has 2 aromatic heterocycles. The van der Waals surface area contributed by atoms with Crippen LogP contribution in [0.1, 0.15) is 31.1 Å². The molecule has 160 valence electrons. The Bertz CT molecular complexity index is 1050. The number of hydrogen-bond donors (Lipinski definition) is 1. The Morgan fingerprint density at radius 3 is 2.90 bits per heavy atom. The summed E-state index contributed by atoms with van der Waals surface area (Å²) in [6, 6.07) is 11.5. The van der Waals surface area contributed by atoms with Gasteiger partial charge in [0.15, 0.2) is 5.82 Å². The van der Waals surface area contributed by atoms with Crippen molar-refractivity contribution in [2.24, 2.45) is 0 Å². The molecule has 1 amide bonds. The molecular formula is C23H24FN5O2. The molecule has 0 radical (unpaired) electrons. The number of carbonyl (C=O) groups is 1. The molecule has 0 spiro atoms. The van der Waals surface area contributed by atoms with Gasteiger partial charge < -0.3 is 15.0 Å². The van der Waals surface area contributed by atoms with Gasteiger partial charge in [-0.25, -0.2) is 14.4 Å². The van der Waals surface area contributed by atoms with Crippen LogP contribution in [0.3, 0.4) is 0 Å². The first kappa shape index (κ1) is 20.9. The maximum atomic E-state index is 13.7. The lowest BCUT2D eigenvalue weighted by atomic mass is 10.0. The summed E-state index contributed by atoms with van der Waals surface area (Å²) in [5, 5.41) is 3.16. The van der Waals surface area contributed by atoms with Gasteiger partial charge in [-0.15, -0.1) is 0 Å². The molecule has 1 atom stereocenters. The van der Waals surface area contributed by atoms with Crippen LogP contribution in [0.5, 0.6) is 0 Å². The minimum Gasteiger partial charge on any atom is -0.375 e. The Labute approximate surface area is 180 Å². The molecule has 1 aromatic carbocycles. The van der Waals surface area contributed by atoms with Crippen molar-refractivity contribution in [1.82, 2.24) is 19.9 Å². The van der Waals surface area contributed by atoms with Gasteiger partial charge in [-0.2, -0.15) is 0 Å². The van der Waals surface area contributed by atoms with E-state index in [9.17, 15) is 9.18 Å². The fourth-order valence-corrected chi connectivity index (χ4v) is 3.76. The number of carbonyl (C=O) groups excluding carboxylic acids is 1. The summed E-state index contributed by atoms with van der Waals surface area (Å²) in [4.78, 5) is 28.1. The van der Waals surface area contributed by atoms with E-state index < -0.39 is 0 Å². The van der Waals surface area contributed by atoms with E-state index in [1.165, 1.54) is 19.2 Å². The fraction of sp³-hybridized carbons (Fsp3) is 0.304. The molecule has 1 fully saturated rings. The maximum absolute atomic E-state index is 13.7. The van der Waals surface area contributed by atoms with E-state index >= 15 is 0 Å². The Kier molecular flexibility index (Phi) is 6.47. The molecule has 3 heterocycles. The Morgan fingerprint density at radius 2 is 2.13 bits per heavy atom. The van der Waals surface area contributed by atoms with Crippen LogP contribution in [0.4, 0.5) is 15.9 Å². The normalized spacial score (nSPS) is 16.2. The van der Waals surface area contributed by atoms with Gasteiger partial charge in [0.2, 0.25) is 5.91 Å². The average molecular weight is 421 g/mol. The van der Waals surface area contributed by atoms with Crippen molar-refractivity contribution in [2.45, 2.75) is 25.3 Å². The van der Waals surface area contributed by atoms with Crippen LogP contribution in [0.15, 0.2) is 54.9 Å². The minimum absolute atomic E-state index is 0.0210. The van der Waals surface area contributed by atoms with Crippen molar-refractivity contribution >= 4 is 17.4 Å². The van der Waals surface area contributed by atoms with Crippen LogP contribution in [0.25, 0.3) is 11.3 Å². The van der Waals surface area contributed by atoms with E-state index in [0.717, 1.165) is 24.8 Å². The second-order valence-electron chi connectivity index (χ2n) is 7.41. The van der Waals surface area contributed by atoms with Gasteiger partial charge in [-0.1, -0.05) is 6.07 Å². The Morgan fingerprint density at radius 1 is 1.23 bits per heavy atom. The smallest absolute Gasteiger partial charge is 0.249 e. The predicted octanol–water partition coefficient (Wildman–Crippen LogP) is 4.12. The van der Waals surface area contributed by atoms with Gasteiger partial charge in [-0.05, 0) is 49.6 Å². The maximum Gasteiger partial charge on any atom is 0.249 e. The van der Waals surface area contributed by atoms with E-state index in [-0.39, 0.29) is 24.4 Å². The lowest BCUT2D eigenvalue weighted by Crippen LogP contribution is -2.41. The molecule has 1 saturated heterocycles. The van der Waals surface area contributed by atoms with Crippen molar-refractivity contribution in [3.63, 3.8) is 0 Å². The van der Waals surface area contributed by atoms with E-state index in [1.807, 2.05) is 12.1 Å². The van der Waals surface area contributed by atoms with Crippen molar-refractivity contribution in [1.29, 1.82) is 0 Å². The van der Waals surface area contributed by atoms with Crippen LogP contribution in [0, 0.1) is 5.82 Å². The van der Waals surface area contributed by atoms with Crippen molar-refractivity contribution in [3.05, 3.63) is 66.5 Å². The van der Waals surface area contributed by atoms with Gasteiger partial charge in [-0.3, -0.25) is 9.78 Å². The first-order valence-corrected chi connectivity index (χ1v) is 10.2. The van der Waals surface area contributed by atoms with Gasteiger partial charge in [0.1, 0.15) is 18.2 Å². The zero-order valence-corrected chi connectivity index (χ0v) is 17.3. The highest BCUT2D eigenvalue weighted by atomic mass is 19.1. The van der Waals surface area contributed by atoms with Crippen LogP contribution < -0.4 is 5.32 Å². The standard InChI is InChI=1S/C23H24FN5O2/c1-31-15-22(30)29-11-3-2-9-20(29)23-27-19(16-6-5-10-25-14-16)13-21(28-23)26-18-8-4-7-17(24)12-18/h4-8,10,12-14,20H,2-3,9,11,15H2,1H3,(H,26,27,28)/t20-/m1/s1. The molecule has 1 aliphatic heterocycles. The number of ether oxygens (including phenoxy) is 1. The summed E-state index contributed by atoms with van der Waals surface area (Å²) in [6.45, 7) is 0.660. The van der Waals surface area contributed by atoms with E-state index in [2.05, 4.69) is 10.3 Å². The molecular weight excluding hydrogens is 397 g/mol. The van der Waals surface area contributed by atoms with Crippen molar-refractivity contribution in [3.8, 4) is 11.3 Å². The third-order valence-corrected chi connectivity index (χ3v) is 5.19. The molecule has 3 aromatic rings. The average Bonchev–Trinajstić information content (AvgIpc) is 2.80. The molecule has 31 heavy (non-hydrogen) atoms. The molecule has 0 saturated carbocycles. The molecule has 0 aliphatic carbocycles. The third kappa shape index (κ3) is 5.03. The molecule has 4 rings (SSSR count). The van der Waals surface area contributed by atoms with E-state index in [1.54, 1.807) is 35.5 Å². The van der Waals surface area contributed by atoms with E-state index in [0.29, 0.717) is 29.6 Å². The van der Waals surface area contributed by atoms with Crippen LogP contribution in [-0.4, -0.2) is 46.0 Å². The molecule has 1 aliphatic rings. The Balaban J connectivity index is 1.74. The van der Waals surface area contributed by atoms with Crippen molar-refractivity contribution in [2.75, 3.05) is 25.6 Å². The first-order valence-electron chi connectivity index (χ1n) is 10.2. The highest BCUT2D eigenvalue weighted by Gasteiger charge is 2.30.